The van der Waals surface area contributed by atoms with Crippen molar-refractivity contribution >= 4 is 16.7 Å². The second-order valence-electron chi connectivity index (χ2n) is 6.36. The van der Waals surface area contributed by atoms with E-state index in [1.807, 2.05) is 60.7 Å². The van der Waals surface area contributed by atoms with Gasteiger partial charge in [-0.05, 0) is 17.5 Å². The van der Waals surface area contributed by atoms with Crippen molar-refractivity contribution in [3.8, 4) is 11.5 Å². The average Bonchev–Trinajstić information content (AvgIpc) is 2.61. The number of carbonyl (C=O) groups excluding carboxylic acids is 1. The maximum atomic E-state index is 11.6. The Labute approximate surface area is 148 Å². The Morgan fingerprint density at radius 2 is 1.60 bits per heavy atom. The van der Waals surface area contributed by atoms with Crippen molar-refractivity contribution < 1.29 is 14.3 Å². The minimum Gasteiger partial charge on any atom is -0.488 e. The van der Waals surface area contributed by atoms with Gasteiger partial charge >= 0.3 is 5.97 Å². The summed E-state index contributed by atoms with van der Waals surface area (Å²) in [6.45, 7) is 6.09. The van der Waals surface area contributed by atoms with Crippen LogP contribution in [0.4, 0.5) is 0 Å². The zero-order chi connectivity index (χ0) is 17.8. The van der Waals surface area contributed by atoms with Gasteiger partial charge in [0.2, 0.25) is 0 Å². The Morgan fingerprint density at radius 3 is 2.24 bits per heavy atom. The van der Waals surface area contributed by atoms with Crippen molar-refractivity contribution in [2.24, 2.45) is 0 Å². The summed E-state index contributed by atoms with van der Waals surface area (Å²) in [4.78, 5) is 11.6. The lowest BCUT2D eigenvalue weighted by molar-refractivity contribution is -0.131. The number of hydrogen-bond donors (Lipinski definition) is 0. The van der Waals surface area contributed by atoms with Crippen molar-refractivity contribution in [3.05, 3.63) is 71.8 Å². The molecule has 3 aromatic rings. The Balaban J connectivity index is 2.07. The number of ether oxygens (including phenoxy) is 2. The normalized spacial score (nSPS) is 10.9. The van der Waals surface area contributed by atoms with E-state index in [1.54, 1.807) is 0 Å². The number of benzene rings is 3. The second kappa shape index (κ2) is 7.39. The van der Waals surface area contributed by atoms with Gasteiger partial charge in [0, 0.05) is 23.3 Å². The van der Waals surface area contributed by atoms with Gasteiger partial charge < -0.3 is 9.47 Å². The quantitative estimate of drug-likeness (QED) is 0.458. The summed E-state index contributed by atoms with van der Waals surface area (Å²) in [5, 5.41) is 1.84. The van der Waals surface area contributed by atoms with Crippen molar-refractivity contribution in [1.29, 1.82) is 0 Å². The molecule has 0 N–H and O–H groups in total. The second-order valence-corrected chi connectivity index (χ2v) is 6.36. The van der Waals surface area contributed by atoms with Gasteiger partial charge in [0.25, 0.3) is 0 Å². The summed E-state index contributed by atoms with van der Waals surface area (Å²) in [6.07, 6.45) is 0. The van der Waals surface area contributed by atoms with Crippen LogP contribution in [-0.2, 0) is 11.4 Å². The third-order valence-electron chi connectivity index (χ3n) is 4.09. The first-order chi connectivity index (χ1) is 12.1. The first-order valence-corrected chi connectivity index (χ1v) is 8.47. The molecule has 0 saturated carbocycles. The average molecular weight is 334 g/mol. The van der Waals surface area contributed by atoms with Gasteiger partial charge in [0.1, 0.15) is 18.1 Å². The molecule has 0 radical (unpaired) electrons. The first kappa shape index (κ1) is 17.0. The highest BCUT2D eigenvalue weighted by Crippen LogP contribution is 2.40. The van der Waals surface area contributed by atoms with Gasteiger partial charge in [0.15, 0.2) is 0 Å². The number of hydrogen-bond acceptors (Lipinski definition) is 3. The van der Waals surface area contributed by atoms with E-state index >= 15 is 0 Å². The molecule has 128 valence electrons. The molecule has 0 aliphatic heterocycles. The first-order valence-electron chi connectivity index (χ1n) is 8.47. The lowest BCUT2D eigenvalue weighted by Gasteiger charge is -2.18. The van der Waals surface area contributed by atoms with Gasteiger partial charge in [-0.3, -0.25) is 4.79 Å². The summed E-state index contributed by atoms with van der Waals surface area (Å²) in [5.74, 6) is 1.33. The summed E-state index contributed by atoms with van der Waals surface area (Å²) in [7, 11) is 0. The molecule has 0 aromatic heterocycles. The van der Waals surface area contributed by atoms with Gasteiger partial charge in [-0.15, -0.1) is 0 Å². The van der Waals surface area contributed by atoms with E-state index in [-0.39, 0.29) is 11.9 Å². The lowest BCUT2D eigenvalue weighted by Crippen LogP contribution is -2.06. The number of rotatable bonds is 5. The predicted molar refractivity (Wildman–Crippen MR) is 100 cm³/mol. The summed E-state index contributed by atoms with van der Waals surface area (Å²) >= 11 is 0. The van der Waals surface area contributed by atoms with E-state index < -0.39 is 0 Å². The number of fused-ring (bicyclic) bond motifs is 1. The van der Waals surface area contributed by atoms with Crippen molar-refractivity contribution in [3.63, 3.8) is 0 Å². The fraction of sp³-hybridized carbons (Fsp3) is 0.227. The van der Waals surface area contributed by atoms with Crippen LogP contribution < -0.4 is 9.47 Å². The van der Waals surface area contributed by atoms with Crippen LogP contribution in [0.25, 0.3) is 10.8 Å². The molecule has 3 heteroatoms. The Hall–Kier alpha value is -2.81. The molecule has 0 heterocycles. The van der Waals surface area contributed by atoms with Gasteiger partial charge in [-0.1, -0.05) is 68.4 Å². The molecule has 0 spiro atoms. The van der Waals surface area contributed by atoms with Crippen LogP contribution >= 0.6 is 0 Å². The molecular weight excluding hydrogens is 312 g/mol. The van der Waals surface area contributed by atoms with E-state index in [0.717, 1.165) is 27.6 Å². The van der Waals surface area contributed by atoms with Gasteiger partial charge in [-0.2, -0.15) is 0 Å². The largest absolute Gasteiger partial charge is 0.488 e. The molecule has 3 aromatic carbocycles. The molecule has 0 fully saturated rings. The van der Waals surface area contributed by atoms with Crippen LogP contribution in [0.2, 0.25) is 0 Å². The van der Waals surface area contributed by atoms with Crippen LogP contribution in [0.5, 0.6) is 11.5 Å². The van der Waals surface area contributed by atoms with E-state index in [9.17, 15) is 4.79 Å². The highest BCUT2D eigenvalue weighted by Gasteiger charge is 2.18. The molecule has 0 amide bonds. The number of esters is 1. The summed E-state index contributed by atoms with van der Waals surface area (Å²) < 4.78 is 11.7. The summed E-state index contributed by atoms with van der Waals surface area (Å²) in [5.41, 5.74) is 2.08. The van der Waals surface area contributed by atoms with Crippen LogP contribution in [0.3, 0.4) is 0 Å². The van der Waals surface area contributed by atoms with E-state index in [0.29, 0.717) is 12.4 Å². The maximum Gasteiger partial charge on any atom is 0.308 e. The molecule has 3 rings (SSSR count). The topological polar surface area (TPSA) is 35.5 Å². The van der Waals surface area contributed by atoms with Gasteiger partial charge in [0.05, 0.1) is 0 Å². The molecule has 3 nitrogen and oxygen atoms in total. The van der Waals surface area contributed by atoms with Crippen LogP contribution in [0, 0.1) is 0 Å². The SMILES string of the molecule is CC(=O)Oc1c(C(C)C)cc(OCc2ccccc2)c2ccccc12. The van der Waals surface area contributed by atoms with Gasteiger partial charge in [-0.25, -0.2) is 0 Å². The van der Waals surface area contributed by atoms with E-state index in [4.69, 9.17) is 9.47 Å². The Bertz CT molecular complexity index is 882. The smallest absolute Gasteiger partial charge is 0.308 e. The number of carbonyl (C=O) groups is 1. The highest BCUT2D eigenvalue weighted by atomic mass is 16.5. The van der Waals surface area contributed by atoms with Crippen LogP contribution in [0.1, 0.15) is 37.8 Å². The fourth-order valence-corrected chi connectivity index (χ4v) is 2.88. The van der Waals surface area contributed by atoms with Crippen LogP contribution in [-0.4, -0.2) is 5.97 Å². The minimum atomic E-state index is -0.315. The molecule has 0 atom stereocenters. The highest BCUT2D eigenvalue weighted by molar-refractivity contribution is 5.96. The molecule has 0 saturated heterocycles. The molecule has 0 aliphatic carbocycles. The van der Waals surface area contributed by atoms with E-state index in [1.165, 1.54) is 6.92 Å². The molecule has 0 unspecified atom stereocenters. The molecule has 0 bridgehead atoms. The van der Waals surface area contributed by atoms with Crippen LogP contribution in [0.15, 0.2) is 60.7 Å². The zero-order valence-electron chi connectivity index (χ0n) is 14.8. The lowest BCUT2D eigenvalue weighted by atomic mass is 9.96. The third kappa shape index (κ3) is 3.82. The Kier molecular flexibility index (Phi) is 5.03. The standard InChI is InChI=1S/C22H22O3/c1-15(2)20-13-21(24-14-17-9-5-4-6-10-17)18-11-7-8-12-19(18)22(20)25-16(3)23/h4-13,15H,14H2,1-3H3. The molecule has 25 heavy (non-hydrogen) atoms. The monoisotopic (exact) mass is 334 g/mol. The third-order valence-corrected chi connectivity index (χ3v) is 4.09. The Morgan fingerprint density at radius 1 is 0.960 bits per heavy atom. The van der Waals surface area contributed by atoms with Crippen molar-refractivity contribution in [2.45, 2.75) is 33.3 Å². The molecule has 0 aliphatic rings. The van der Waals surface area contributed by atoms with Crippen molar-refractivity contribution in [2.75, 3.05) is 0 Å². The minimum absolute atomic E-state index is 0.207. The fourth-order valence-electron chi connectivity index (χ4n) is 2.88. The zero-order valence-corrected chi connectivity index (χ0v) is 14.8. The molecular formula is C22H22O3. The van der Waals surface area contributed by atoms with Crippen molar-refractivity contribution in [1.82, 2.24) is 0 Å². The van der Waals surface area contributed by atoms with E-state index in [2.05, 4.69) is 13.8 Å². The summed E-state index contributed by atoms with van der Waals surface area (Å²) in [6, 6.07) is 19.9. The maximum absolute atomic E-state index is 11.6. The predicted octanol–water partition coefficient (Wildman–Crippen LogP) is 5.47.